The molecule has 0 aliphatic carbocycles. The molecular weight excluding hydrogens is 425 g/mol. The van der Waals surface area contributed by atoms with E-state index < -0.39 is 11.6 Å². The first-order valence-corrected chi connectivity index (χ1v) is 10.3. The van der Waals surface area contributed by atoms with Crippen molar-refractivity contribution in [3.8, 4) is 0 Å². The van der Waals surface area contributed by atoms with Gasteiger partial charge in [-0.25, -0.2) is 14.7 Å². The van der Waals surface area contributed by atoms with Crippen molar-refractivity contribution in [1.29, 1.82) is 0 Å². The van der Waals surface area contributed by atoms with Crippen LogP contribution in [0, 0.1) is 5.82 Å². The topological polar surface area (TPSA) is 116 Å². The van der Waals surface area contributed by atoms with Crippen molar-refractivity contribution in [3.05, 3.63) is 70.5 Å². The van der Waals surface area contributed by atoms with Gasteiger partial charge < -0.3 is 15.7 Å². The van der Waals surface area contributed by atoms with Crippen LogP contribution in [-0.2, 0) is 5.60 Å². The molecule has 1 heterocycles. The fourth-order valence-corrected chi connectivity index (χ4v) is 3.56. The predicted molar refractivity (Wildman–Crippen MR) is 115 cm³/mol. The quantitative estimate of drug-likeness (QED) is 0.305. The molecule has 0 bridgehead atoms. The van der Waals surface area contributed by atoms with Crippen molar-refractivity contribution in [3.63, 3.8) is 0 Å². The number of hydrogen-bond donors (Lipinski definition) is 4. The fraction of sp³-hybridized carbons (Fsp3) is 0.364. The van der Waals surface area contributed by atoms with Crippen molar-refractivity contribution in [2.45, 2.75) is 31.3 Å². The van der Waals surface area contributed by atoms with E-state index in [-0.39, 0.29) is 11.6 Å². The number of rotatable bonds is 6. The number of hydrogen-bond acceptors (Lipinski definition) is 5. The van der Waals surface area contributed by atoms with Crippen LogP contribution in [0.2, 0.25) is 5.02 Å². The number of urea groups is 1. The molecule has 0 radical (unpaired) electrons. The van der Waals surface area contributed by atoms with Crippen molar-refractivity contribution < 1.29 is 24.3 Å². The summed E-state index contributed by atoms with van der Waals surface area (Å²) in [5.74, 6) is -0.289. The van der Waals surface area contributed by atoms with Crippen LogP contribution in [0.15, 0.2) is 48.5 Å². The number of aliphatic hydroxyl groups is 1. The van der Waals surface area contributed by atoms with Gasteiger partial charge in [0.25, 0.3) is 0 Å². The molecule has 0 atom stereocenters. The lowest BCUT2D eigenvalue weighted by Gasteiger charge is -2.38. The Morgan fingerprint density at radius 1 is 1.10 bits per heavy atom. The number of ketones is 1. The molecule has 31 heavy (non-hydrogen) atoms. The third kappa shape index (κ3) is 7.91. The van der Waals surface area contributed by atoms with E-state index in [1.807, 2.05) is 24.3 Å². The highest BCUT2D eigenvalue weighted by Gasteiger charge is 2.33. The molecule has 2 aromatic carbocycles. The maximum Gasteiger partial charge on any atom is 0.335 e. The van der Waals surface area contributed by atoms with Crippen molar-refractivity contribution in [1.82, 2.24) is 10.4 Å². The minimum absolute atomic E-state index is 0.0414. The van der Waals surface area contributed by atoms with Crippen LogP contribution in [0.25, 0.3) is 0 Å². The molecule has 9 heteroatoms. The van der Waals surface area contributed by atoms with Crippen LogP contribution in [0.5, 0.6) is 0 Å². The summed E-state index contributed by atoms with van der Waals surface area (Å²) in [6.45, 7) is 2.41. The third-order valence-electron chi connectivity index (χ3n) is 5.22. The van der Waals surface area contributed by atoms with Crippen LogP contribution < -0.4 is 11.2 Å². The molecule has 1 fully saturated rings. The first kappa shape index (κ1) is 24.7. The zero-order valence-corrected chi connectivity index (χ0v) is 17.8. The molecule has 1 saturated heterocycles. The van der Waals surface area contributed by atoms with E-state index in [0.717, 1.165) is 31.6 Å². The average Bonchev–Trinajstić information content (AvgIpc) is 2.76. The molecule has 0 saturated carbocycles. The van der Waals surface area contributed by atoms with E-state index >= 15 is 0 Å². The molecule has 3 rings (SSSR count). The first-order chi connectivity index (χ1) is 14.7. The van der Waals surface area contributed by atoms with E-state index in [0.29, 0.717) is 29.8 Å². The van der Waals surface area contributed by atoms with Crippen LogP contribution in [0.1, 0.15) is 41.6 Å². The van der Waals surface area contributed by atoms with Crippen LogP contribution in [0.4, 0.5) is 9.18 Å². The van der Waals surface area contributed by atoms with Crippen LogP contribution in [0.3, 0.4) is 0 Å². The Bertz CT molecular complexity index is 854. The summed E-state index contributed by atoms with van der Waals surface area (Å²) in [6.07, 6.45) is 2.54. The zero-order chi connectivity index (χ0) is 22.9. The average molecular weight is 452 g/mol. The van der Waals surface area contributed by atoms with E-state index in [9.17, 15) is 19.1 Å². The minimum atomic E-state index is -0.940. The largest absolute Gasteiger partial charge is 0.385 e. The number of carbonyl (C=O) groups excluding carboxylic acids is 2. The van der Waals surface area contributed by atoms with Gasteiger partial charge >= 0.3 is 6.03 Å². The summed E-state index contributed by atoms with van der Waals surface area (Å²) in [6, 6.07) is 12.1. The maximum atomic E-state index is 12.9. The van der Waals surface area contributed by atoms with Crippen molar-refractivity contribution in [2.75, 3.05) is 19.6 Å². The van der Waals surface area contributed by atoms with E-state index in [1.165, 1.54) is 29.7 Å². The predicted octanol–water partition coefficient (Wildman–Crippen LogP) is 3.47. The summed E-state index contributed by atoms with van der Waals surface area (Å²) in [7, 11) is 0. The molecule has 7 nitrogen and oxygen atoms in total. The Hall–Kier alpha value is -2.52. The number of primary amides is 1. The summed E-state index contributed by atoms with van der Waals surface area (Å²) >= 11 is 5.92. The number of nitrogens with zero attached hydrogens (tertiary/aromatic N) is 1. The number of carbonyl (C=O) groups is 2. The van der Waals surface area contributed by atoms with Gasteiger partial charge in [-0.1, -0.05) is 23.7 Å². The van der Waals surface area contributed by atoms with E-state index in [2.05, 4.69) is 10.6 Å². The smallest absolute Gasteiger partial charge is 0.335 e. The van der Waals surface area contributed by atoms with Gasteiger partial charge in [0.2, 0.25) is 0 Å². The minimum Gasteiger partial charge on any atom is -0.385 e. The number of benzene rings is 2. The van der Waals surface area contributed by atoms with Gasteiger partial charge in [0.15, 0.2) is 5.78 Å². The Balaban J connectivity index is 0.000000614. The lowest BCUT2D eigenvalue weighted by atomic mass is 9.84. The Labute approximate surface area is 185 Å². The first-order valence-electron chi connectivity index (χ1n) is 9.92. The number of amides is 2. The zero-order valence-electron chi connectivity index (χ0n) is 17.1. The molecule has 0 unspecified atom stereocenters. The molecule has 0 spiro atoms. The van der Waals surface area contributed by atoms with Gasteiger partial charge in [0, 0.05) is 30.1 Å². The molecule has 5 N–H and O–H groups in total. The second kappa shape index (κ2) is 11.8. The second-order valence-electron chi connectivity index (χ2n) is 7.39. The molecule has 1 aliphatic heterocycles. The van der Waals surface area contributed by atoms with Gasteiger partial charge in [-0.15, -0.1) is 0 Å². The molecule has 2 aromatic rings. The third-order valence-corrected chi connectivity index (χ3v) is 5.47. The van der Waals surface area contributed by atoms with Gasteiger partial charge in [0.1, 0.15) is 5.82 Å². The number of halogens is 2. The van der Waals surface area contributed by atoms with Gasteiger partial charge in [-0.05, 0) is 67.8 Å². The monoisotopic (exact) mass is 451 g/mol. The highest BCUT2D eigenvalue weighted by Crippen LogP contribution is 2.33. The van der Waals surface area contributed by atoms with Gasteiger partial charge in [0.05, 0.1) is 5.60 Å². The number of Topliss-reactive ketones (excluding diaryl/α,β-unsaturated/α-hetero) is 1. The normalized spacial score (nSPS) is 15.5. The number of likely N-dealkylation sites (tertiary alicyclic amines) is 1. The van der Waals surface area contributed by atoms with E-state index in [1.54, 1.807) is 0 Å². The van der Waals surface area contributed by atoms with Crippen LogP contribution in [-0.4, -0.2) is 46.7 Å². The second-order valence-corrected chi connectivity index (χ2v) is 7.83. The number of nitrogens with two attached hydrogens (primary N) is 1. The highest BCUT2D eigenvalue weighted by atomic mass is 35.5. The maximum absolute atomic E-state index is 12.9. The molecule has 2 amide bonds. The Kier molecular flexibility index (Phi) is 9.39. The van der Waals surface area contributed by atoms with Gasteiger partial charge in [-0.2, -0.15) is 0 Å². The lowest BCUT2D eigenvalue weighted by Crippen LogP contribution is -2.42. The van der Waals surface area contributed by atoms with Crippen molar-refractivity contribution >= 4 is 23.4 Å². The Morgan fingerprint density at radius 2 is 1.65 bits per heavy atom. The number of nitrogens with one attached hydrogen (secondary N) is 1. The van der Waals surface area contributed by atoms with Crippen LogP contribution >= 0.6 is 11.6 Å². The summed E-state index contributed by atoms with van der Waals surface area (Å²) in [4.78, 5) is 23.6. The highest BCUT2D eigenvalue weighted by molar-refractivity contribution is 6.30. The standard InChI is InChI=1S/C21H23ClFNO2.CH4N2O2/c22-18-7-5-17(6-8-18)21(26)11-14-24(15-12-21)13-1-2-20(25)16-3-9-19(23)10-4-16;2-1(4)3-5/h3-10,26H,1-2,11-15H2;5H,(H3,2,3,4). The summed E-state index contributed by atoms with van der Waals surface area (Å²) in [5, 5.41) is 19.0. The molecule has 0 aromatic heterocycles. The SMILES string of the molecule is NC(=O)NO.O=C(CCCN1CCC(O)(c2ccc(Cl)cc2)CC1)c1ccc(F)cc1. The summed E-state index contributed by atoms with van der Waals surface area (Å²) in [5.41, 5.74) is 6.13. The number of piperidine rings is 1. The van der Waals surface area contributed by atoms with E-state index in [4.69, 9.17) is 16.8 Å². The number of hydroxylamine groups is 1. The fourth-order valence-electron chi connectivity index (χ4n) is 3.44. The summed E-state index contributed by atoms with van der Waals surface area (Å²) < 4.78 is 12.9. The lowest BCUT2D eigenvalue weighted by molar-refractivity contribution is -0.0260. The molecular formula is C22H27ClFN3O4. The molecule has 168 valence electrons. The van der Waals surface area contributed by atoms with Crippen molar-refractivity contribution in [2.24, 2.45) is 5.73 Å². The Morgan fingerprint density at radius 3 is 2.16 bits per heavy atom. The molecule has 1 aliphatic rings. The van der Waals surface area contributed by atoms with Gasteiger partial charge in [-0.3, -0.25) is 10.0 Å².